The van der Waals surface area contributed by atoms with Gasteiger partial charge in [-0.1, -0.05) is 11.6 Å². The van der Waals surface area contributed by atoms with Crippen LogP contribution in [0.1, 0.15) is 19.3 Å². The van der Waals surface area contributed by atoms with Gasteiger partial charge in [0.1, 0.15) is 11.9 Å². The highest BCUT2D eigenvalue weighted by Crippen LogP contribution is 2.30. The number of piperidine rings is 1. The van der Waals surface area contributed by atoms with Gasteiger partial charge in [-0.15, -0.1) is 0 Å². The fourth-order valence-electron chi connectivity index (χ4n) is 5.80. The van der Waals surface area contributed by atoms with E-state index in [4.69, 9.17) is 11.6 Å². The Morgan fingerprint density at radius 1 is 1.10 bits per heavy atom. The van der Waals surface area contributed by atoms with E-state index in [0.29, 0.717) is 48.6 Å². The van der Waals surface area contributed by atoms with Gasteiger partial charge in [0.15, 0.2) is 0 Å². The molecular formula is C27H32ClN7O5S. The number of rotatable bonds is 6. The number of halogens is 1. The molecule has 0 aliphatic carbocycles. The first-order valence-electron chi connectivity index (χ1n) is 13.8. The van der Waals surface area contributed by atoms with Gasteiger partial charge < -0.3 is 19.7 Å². The van der Waals surface area contributed by atoms with Crippen molar-refractivity contribution >= 4 is 50.2 Å². The Kier molecular flexibility index (Phi) is 7.28. The molecule has 0 spiro atoms. The number of fused-ring (bicyclic) bond motifs is 1. The summed E-state index contributed by atoms with van der Waals surface area (Å²) in [5.74, 6) is 0.302. The molecule has 1 aromatic carbocycles. The summed E-state index contributed by atoms with van der Waals surface area (Å²) in [5, 5.41) is 5.53. The highest BCUT2D eigenvalue weighted by atomic mass is 35.5. The molecule has 41 heavy (non-hydrogen) atoms. The number of aromatic amines is 1. The summed E-state index contributed by atoms with van der Waals surface area (Å²) in [6.07, 6.45) is 4.04. The van der Waals surface area contributed by atoms with Crippen molar-refractivity contribution in [3.05, 3.63) is 51.9 Å². The summed E-state index contributed by atoms with van der Waals surface area (Å²) in [6.45, 7) is 2.60. The van der Waals surface area contributed by atoms with E-state index in [-0.39, 0.29) is 41.3 Å². The third-order valence-corrected chi connectivity index (χ3v) is 10.5. The lowest BCUT2D eigenvalue weighted by molar-refractivity contribution is -0.152. The normalized spacial score (nSPS) is 21.0. The second kappa shape index (κ2) is 10.8. The Bertz CT molecular complexity index is 1660. The predicted molar refractivity (Wildman–Crippen MR) is 153 cm³/mol. The molecule has 3 aliphatic rings. The Morgan fingerprint density at radius 2 is 1.85 bits per heavy atom. The molecule has 3 aromatic rings. The zero-order chi connectivity index (χ0) is 28.9. The molecule has 2 amide bonds. The van der Waals surface area contributed by atoms with E-state index < -0.39 is 16.1 Å². The van der Waals surface area contributed by atoms with E-state index in [2.05, 4.69) is 15.0 Å². The van der Waals surface area contributed by atoms with Crippen LogP contribution in [0.25, 0.3) is 10.9 Å². The van der Waals surface area contributed by atoms with Crippen LogP contribution in [-0.2, 0) is 26.7 Å². The monoisotopic (exact) mass is 601 g/mol. The number of benzene rings is 1. The van der Waals surface area contributed by atoms with Gasteiger partial charge in [-0.2, -0.15) is 9.40 Å². The number of nitrogens with one attached hydrogen (secondary N) is 1. The van der Waals surface area contributed by atoms with Crippen LogP contribution in [0.15, 0.2) is 46.2 Å². The van der Waals surface area contributed by atoms with Crippen LogP contribution in [0.4, 0.5) is 5.82 Å². The molecule has 14 heteroatoms. The maximum Gasteiger partial charge on any atom is 0.266 e. The van der Waals surface area contributed by atoms with Gasteiger partial charge in [0.05, 0.1) is 16.5 Å². The minimum Gasteiger partial charge on any atom is -0.360 e. The zero-order valence-corrected chi connectivity index (χ0v) is 24.3. The molecule has 6 rings (SSSR count). The molecule has 0 unspecified atom stereocenters. The van der Waals surface area contributed by atoms with Crippen molar-refractivity contribution in [1.82, 2.24) is 28.9 Å². The van der Waals surface area contributed by atoms with E-state index in [9.17, 15) is 22.8 Å². The number of hydrogen-bond donors (Lipinski definition) is 1. The third kappa shape index (κ3) is 5.22. The summed E-state index contributed by atoms with van der Waals surface area (Å²) >= 11 is 6.16. The number of hydrogen-bond acceptors (Lipinski definition) is 7. The average molecular weight is 602 g/mol. The van der Waals surface area contributed by atoms with Gasteiger partial charge >= 0.3 is 0 Å². The topological polar surface area (TPSA) is 132 Å². The number of nitrogens with zero attached hydrogens (tertiary/aromatic N) is 6. The largest absolute Gasteiger partial charge is 0.360 e. The predicted octanol–water partition coefficient (Wildman–Crippen LogP) is 1.27. The molecule has 3 aliphatic heterocycles. The van der Waals surface area contributed by atoms with Crippen LogP contribution >= 0.6 is 11.6 Å². The molecule has 5 heterocycles. The van der Waals surface area contributed by atoms with Crippen molar-refractivity contribution in [2.24, 2.45) is 13.0 Å². The van der Waals surface area contributed by atoms with Crippen LogP contribution in [-0.4, -0.2) is 101 Å². The zero-order valence-electron chi connectivity index (χ0n) is 22.7. The van der Waals surface area contributed by atoms with Crippen LogP contribution in [0, 0.1) is 5.92 Å². The van der Waals surface area contributed by atoms with Crippen LogP contribution in [0.2, 0.25) is 5.02 Å². The van der Waals surface area contributed by atoms with Crippen molar-refractivity contribution in [3.8, 4) is 0 Å². The first-order chi connectivity index (χ1) is 19.6. The molecule has 218 valence electrons. The number of H-pyrrole nitrogens is 1. The number of anilines is 1. The molecule has 0 radical (unpaired) electrons. The smallest absolute Gasteiger partial charge is 0.266 e. The lowest BCUT2D eigenvalue weighted by Gasteiger charge is -2.45. The number of carbonyl (C=O) groups is 2. The van der Waals surface area contributed by atoms with Crippen LogP contribution < -0.4 is 10.5 Å². The average Bonchev–Trinajstić information content (AvgIpc) is 3.30. The van der Waals surface area contributed by atoms with Crippen molar-refractivity contribution < 1.29 is 18.0 Å². The highest BCUT2D eigenvalue weighted by molar-refractivity contribution is 7.89. The fraction of sp³-hybridized carbons (Fsp3) is 0.481. The van der Waals surface area contributed by atoms with Crippen molar-refractivity contribution in [1.29, 1.82) is 0 Å². The van der Waals surface area contributed by atoms with E-state index >= 15 is 0 Å². The van der Waals surface area contributed by atoms with E-state index in [1.807, 2.05) is 0 Å². The Morgan fingerprint density at radius 3 is 2.54 bits per heavy atom. The first kappa shape index (κ1) is 27.7. The minimum atomic E-state index is -4.04. The highest BCUT2D eigenvalue weighted by Gasteiger charge is 2.44. The number of piperazine rings is 1. The van der Waals surface area contributed by atoms with E-state index in [1.165, 1.54) is 22.9 Å². The van der Waals surface area contributed by atoms with Gasteiger partial charge in [0.25, 0.3) is 5.56 Å². The van der Waals surface area contributed by atoms with E-state index in [0.717, 1.165) is 29.4 Å². The molecule has 2 aromatic heterocycles. The summed E-state index contributed by atoms with van der Waals surface area (Å²) in [7, 11) is -2.43. The van der Waals surface area contributed by atoms with Crippen molar-refractivity contribution in [2.75, 3.05) is 50.7 Å². The van der Waals surface area contributed by atoms with Gasteiger partial charge in [-0.3, -0.25) is 14.4 Å². The molecule has 0 bridgehead atoms. The van der Waals surface area contributed by atoms with Crippen LogP contribution in [0.3, 0.4) is 0 Å². The van der Waals surface area contributed by atoms with Gasteiger partial charge in [-0.25, -0.2) is 13.1 Å². The minimum absolute atomic E-state index is 0.0410. The fourth-order valence-corrected chi connectivity index (χ4v) is 7.45. The van der Waals surface area contributed by atoms with Crippen LogP contribution in [0.5, 0.6) is 0 Å². The van der Waals surface area contributed by atoms with Gasteiger partial charge in [0.2, 0.25) is 21.8 Å². The standard InChI is InChI=1S/C27H32ClN7O5S/c1-31-25(36)6-5-24(30-31)32-11-7-18(8-12-32)15-35-23(27(38)33-9-2-10-33)16-34(17-26(35)37)41(39,40)19-3-4-20-21(28)14-29-22(20)13-19/h3-6,13-14,18,23,29H,2,7-12,15-17H2,1H3/t23-/m0/s1. The first-order valence-corrected chi connectivity index (χ1v) is 15.6. The molecule has 3 saturated heterocycles. The maximum absolute atomic E-state index is 13.7. The van der Waals surface area contributed by atoms with E-state index in [1.54, 1.807) is 35.2 Å². The molecular weight excluding hydrogens is 570 g/mol. The third-order valence-electron chi connectivity index (χ3n) is 8.42. The second-order valence-electron chi connectivity index (χ2n) is 11.0. The molecule has 12 nitrogen and oxygen atoms in total. The summed E-state index contributed by atoms with van der Waals surface area (Å²) < 4.78 is 29.8. The SMILES string of the molecule is Cn1nc(N2CCC(CN3C(=O)CN(S(=O)(=O)c4ccc5c(Cl)c[nH]c5c4)C[C@H]3C(=O)N3CCC3)CC2)ccc1=O. The summed E-state index contributed by atoms with van der Waals surface area (Å²) in [6, 6.07) is 6.96. The Hall–Kier alpha value is -3.42. The summed E-state index contributed by atoms with van der Waals surface area (Å²) in [4.78, 5) is 47.2. The number of carbonyl (C=O) groups excluding carboxylic acids is 2. The second-order valence-corrected chi connectivity index (χ2v) is 13.3. The Labute approximate surface area is 242 Å². The summed E-state index contributed by atoms with van der Waals surface area (Å²) in [5.41, 5.74) is 0.406. The lowest BCUT2D eigenvalue weighted by atomic mass is 9.94. The molecule has 3 fully saturated rings. The van der Waals surface area contributed by atoms with Crippen molar-refractivity contribution in [3.63, 3.8) is 0 Å². The van der Waals surface area contributed by atoms with Gasteiger partial charge in [0, 0.05) is 69.5 Å². The maximum atomic E-state index is 13.7. The molecule has 1 atom stereocenters. The number of amides is 2. The molecule has 0 saturated carbocycles. The number of aromatic nitrogens is 3. The number of likely N-dealkylation sites (tertiary alicyclic amines) is 1. The molecule has 1 N–H and O–H groups in total. The lowest BCUT2D eigenvalue weighted by Crippen LogP contribution is -2.64. The quantitative estimate of drug-likeness (QED) is 0.450. The van der Waals surface area contributed by atoms with Crippen molar-refractivity contribution in [2.45, 2.75) is 30.2 Å². The van der Waals surface area contributed by atoms with Gasteiger partial charge in [-0.05, 0) is 49.4 Å². The number of aryl methyl sites for hydroxylation is 1. The Balaban J connectivity index is 1.19. The number of sulfonamides is 1.